The third-order valence-electron chi connectivity index (χ3n) is 5.29. The van der Waals surface area contributed by atoms with Gasteiger partial charge in [0.1, 0.15) is 5.60 Å². The molecule has 4 rings (SSSR count). The number of hydrogen-bond donors (Lipinski definition) is 1. The van der Waals surface area contributed by atoms with Gasteiger partial charge >= 0.3 is 5.97 Å². The number of carboxylic acids is 1. The molecule has 0 saturated heterocycles. The maximum Gasteiger partial charge on any atom is 0.306 e. The molecule has 0 amide bonds. The van der Waals surface area contributed by atoms with Crippen LogP contribution in [0.1, 0.15) is 23.1 Å². The fourth-order valence-corrected chi connectivity index (χ4v) is 3.73. The van der Waals surface area contributed by atoms with E-state index in [0.29, 0.717) is 13.0 Å². The SMILES string of the molecule is O=C(O)[C@@H]1C[C@@H]1COC(c1ccccc1)(c1ccccc1)c1ccccc1. The van der Waals surface area contributed by atoms with Crippen molar-refractivity contribution in [2.45, 2.75) is 12.0 Å². The lowest BCUT2D eigenvalue weighted by Crippen LogP contribution is -2.33. The summed E-state index contributed by atoms with van der Waals surface area (Å²) in [7, 11) is 0. The molecule has 0 aromatic heterocycles. The van der Waals surface area contributed by atoms with Gasteiger partial charge in [0, 0.05) is 0 Å². The van der Waals surface area contributed by atoms with Crippen LogP contribution in [0, 0.1) is 11.8 Å². The summed E-state index contributed by atoms with van der Waals surface area (Å²) in [4.78, 5) is 11.3. The van der Waals surface area contributed by atoms with Crippen molar-refractivity contribution in [3.05, 3.63) is 108 Å². The summed E-state index contributed by atoms with van der Waals surface area (Å²) in [6.07, 6.45) is 0.684. The minimum atomic E-state index is -0.768. The number of ether oxygens (including phenoxy) is 1. The Bertz CT molecular complexity index is 794. The Morgan fingerprint density at radius 1 is 0.815 bits per heavy atom. The number of carboxylic acid groups (broad SMARTS) is 1. The fraction of sp³-hybridized carbons (Fsp3) is 0.208. The van der Waals surface area contributed by atoms with Gasteiger partial charge in [-0.15, -0.1) is 0 Å². The van der Waals surface area contributed by atoms with Gasteiger partial charge < -0.3 is 9.84 Å². The number of aliphatic carboxylic acids is 1. The maximum atomic E-state index is 11.3. The number of rotatable bonds is 7. The van der Waals surface area contributed by atoms with E-state index in [1.807, 2.05) is 54.6 Å². The van der Waals surface area contributed by atoms with Crippen LogP contribution in [-0.2, 0) is 15.1 Å². The molecular formula is C24H22O3. The first-order chi connectivity index (χ1) is 13.2. The van der Waals surface area contributed by atoms with Gasteiger partial charge in [-0.2, -0.15) is 0 Å². The van der Waals surface area contributed by atoms with Gasteiger partial charge in [-0.3, -0.25) is 4.79 Å². The predicted octanol–water partition coefficient (Wildman–Crippen LogP) is 4.72. The number of benzene rings is 3. The highest BCUT2D eigenvalue weighted by atomic mass is 16.5. The third-order valence-corrected chi connectivity index (χ3v) is 5.29. The van der Waals surface area contributed by atoms with Crippen molar-refractivity contribution in [2.24, 2.45) is 11.8 Å². The van der Waals surface area contributed by atoms with E-state index in [0.717, 1.165) is 16.7 Å². The molecule has 1 fully saturated rings. The van der Waals surface area contributed by atoms with E-state index in [1.54, 1.807) is 0 Å². The summed E-state index contributed by atoms with van der Waals surface area (Å²) in [5.74, 6) is -0.948. The second-order valence-corrected chi connectivity index (χ2v) is 7.03. The number of carbonyl (C=O) groups is 1. The lowest BCUT2D eigenvalue weighted by molar-refractivity contribution is -0.139. The van der Waals surface area contributed by atoms with Crippen LogP contribution >= 0.6 is 0 Å². The highest BCUT2D eigenvalue weighted by molar-refractivity contribution is 5.73. The molecule has 27 heavy (non-hydrogen) atoms. The highest BCUT2D eigenvalue weighted by Crippen LogP contribution is 2.45. The zero-order valence-electron chi connectivity index (χ0n) is 15.0. The van der Waals surface area contributed by atoms with Gasteiger partial charge in [0.15, 0.2) is 0 Å². The summed E-state index contributed by atoms with van der Waals surface area (Å²) in [6, 6.07) is 30.5. The first-order valence-corrected chi connectivity index (χ1v) is 9.25. The standard InChI is InChI=1S/C24H22O3/c25-23(26)22-16-18(22)17-27-24(19-10-4-1-5-11-19,20-12-6-2-7-13-20)21-14-8-3-9-15-21/h1-15,18,22H,16-17H2,(H,25,26)/t18-,22-/m1/s1. The molecule has 3 aromatic rings. The van der Waals surface area contributed by atoms with E-state index in [9.17, 15) is 9.90 Å². The van der Waals surface area contributed by atoms with Crippen LogP contribution in [0.3, 0.4) is 0 Å². The van der Waals surface area contributed by atoms with Crippen LogP contribution in [0.5, 0.6) is 0 Å². The quantitative estimate of drug-likeness (QED) is 0.622. The summed E-state index contributed by atoms with van der Waals surface area (Å²) in [5, 5.41) is 9.25. The second-order valence-electron chi connectivity index (χ2n) is 7.03. The monoisotopic (exact) mass is 358 g/mol. The molecule has 1 saturated carbocycles. The molecule has 0 heterocycles. The predicted molar refractivity (Wildman–Crippen MR) is 104 cm³/mol. The molecule has 3 nitrogen and oxygen atoms in total. The summed E-state index contributed by atoms with van der Waals surface area (Å²) < 4.78 is 6.63. The van der Waals surface area contributed by atoms with Crippen molar-refractivity contribution in [1.29, 1.82) is 0 Å². The Hall–Kier alpha value is -2.91. The van der Waals surface area contributed by atoms with Crippen molar-refractivity contribution >= 4 is 5.97 Å². The molecule has 1 N–H and O–H groups in total. The molecule has 0 bridgehead atoms. The minimum Gasteiger partial charge on any atom is -0.481 e. The molecular weight excluding hydrogens is 336 g/mol. The van der Waals surface area contributed by atoms with Crippen LogP contribution < -0.4 is 0 Å². The molecule has 136 valence electrons. The van der Waals surface area contributed by atoms with Crippen LogP contribution in [0.4, 0.5) is 0 Å². The molecule has 0 radical (unpaired) electrons. The molecule has 3 aromatic carbocycles. The van der Waals surface area contributed by atoms with E-state index in [1.165, 1.54) is 0 Å². The van der Waals surface area contributed by atoms with Crippen LogP contribution in [0.25, 0.3) is 0 Å². The van der Waals surface area contributed by atoms with Gasteiger partial charge in [0.2, 0.25) is 0 Å². The topological polar surface area (TPSA) is 46.5 Å². The van der Waals surface area contributed by atoms with E-state index in [2.05, 4.69) is 36.4 Å². The van der Waals surface area contributed by atoms with Crippen LogP contribution in [0.15, 0.2) is 91.0 Å². The molecule has 0 unspecified atom stereocenters. The zero-order chi connectivity index (χ0) is 18.7. The molecule has 0 aliphatic heterocycles. The molecule has 1 aliphatic carbocycles. The second kappa shape index (κ2) is 7.37. The largest absolute Gasteiger partial charge is 0.481 e. The van der Waals surface area contributed by atoms with Gasteiger partial charge in [-0.1, -0.05) is 91.0 Å². The Morgan fingerprint density at radius 3 is 1.56 bits per heavy atom. The lowest BCUT2D eigenvalue weighted by Gasteiger charge is -2.36. The van der Waals surface area contributed by atoms with Gasteiger partial charge in [0.05, 0.1) is 12.5 Å². The molecule has 0 spiro atoms. The summed E-state index contributed by atoms with van der Waals surface area (Å²) in [5.41, 5.74) is 2.34. The van der Waals surface area contributed by atoms with Crippen LogP contribution in [0.2, 0.25) is 0 Å². The maximum absolute atomic E-state index is 11.3. The Kier molecular flexibility index (Phi) is 4.78. The Balaban J connectivity index is 1.81. The normalized spacial score (nSPS) is 18.8. The van der Waals surface area contributed by atoms with Gasteiger partial charge in [-0.25, -0.2) is 0 Å². The van der Waals surface area contributed by atoms with E-state index in [4.69, 9.17) is 4.74 Å². The fourth-order valence-electron chi connectivity index (χ4n) is 3.73. The smallest absolute Gasteiger partial charge is 0.306 e. The first kappa shape index (κ1) is 17.5. The average molecular weight is 358 g/mol. The highest BCUT2D eigenvalue weighted by Gasteiger charge is 2.46. The summed E-state index contributed by atoms with van der Waals surface area (Å²) >= 11 is 0. The van der Waals surface area contributed by atoms with E-state index in [-0.39, 0.29) is 11.8 Å². The molecule has 1 aliphatic rings. The number of hydrogen-bond acceptors (Lipinski definition) is 2. The Morgan fingerprint density at radius 2 is 1.22 bits per heavy atom. The van der Waals surface area contributed by atoms with Crippen molar-refractivity contribution in [3.63, 3.8) is 0 Å². The molecule has 3 heteroatoms. The van der Waals surface area contributed by atoms with Crippen LogP contribution in [-0.4, -0.2) is 17.7 Å². The lowest BCUT2D eigenvalue weighted by atomic mass is 9.80. The average Bonchev–Trinajstić information content (AvgIpc) is 3.51. The molecule has 2 atom stereocenters. The van der Waals surface area contributed by atoms with Crippen molar-refractivity contribution < 1.29 is 14.6 Å². The van der Waals surface area contributed by atoms with Gasteiger partial charge in [0.25, 0.3) is 0 Å². The van der Waals surface area contributed by atoms with E-state index >= 15 is 0 Å². The Labute approximate surface area is 159 Å². The zero-order valence-corrected chi connectivity index (χ0v) is 15.0. The van der Waals surface area contributed by atoms with E-state index < -0.39 is 11.6 Å². The van der Waals surface area contributed by atoms with Crippen molar-refractivity contribution in [1.82, 2.24) is 0 Å². The van der Waals surface area contributed by atoms with Gasteiger partial charge in [-0.05, 0) is 29.0 Å². The summed E-state index contributed by atoms with van der Waals surface area (Å²) in [6.45, 7) is 0.412. The van der Waals surface area contributed by atoms with Crippen molar-refractivity contribution in [2.75, 3.05) is 6.61 Å². The minimum absolute atomic E-state index is 0.0676. The third kappa shape index (κ3) is 3.38. The van der Waals surface area contributed by atoms with Crippen molar-refractivity contribution in [3.8, 4) is 0 Å². The first-order valence-electron chi connectivity index (χ1n) is 9.25.